The van der Waals surface area contributed by atoms with Gasteiger partial charge in [-0.1, -0.05) is 35.9 Å². The lowest BCUT2D eigenvalue weighted by molar-refractivity contribution is 0.0899. The number of amides is 3. The Balaban J connectivity index is 1.64. The fourth-order valence-corrected chi connectivity index (χ4v) is 3.14. The number of amidine groups is 1. The first-order valence-corrected chi connectivity index (χ1v) is 10.2. The largest absolute Gasteiger partial charge is 0.479 e. The third-order valence-electron chi connectivity index (χ3n) is 4.53. The molecule has 0 aliphatic carbocycles. The van der Waals surface area contributed by atoms with E-state index >= 15 is 0 Å². The van der Waals surface area contributed by atoms with Crippen molar-refractivity contribution in [3.63, 3.8) is 0 Å². The van der Waals surface area contributed by atoms with Gasteiger partial charge in [-0.3, -0.25) is 15.6 Å². The molecule has 12 nitrogen and oxygen atoms in total. The van der Waals surface area contributed by atoms with Crippen molar-refractivity contribution >= 4 is 36.1 Å². The molecule has 3 rings (SSSR count). The minimum Gasteiger partial charge on any atom is -0.479 e. The molecule has 0 saturated carbocycles. The molecule has 3 amide bonds. The van der Waals surface area contributed by atoms with E-state index in [1.165, 1.54) is 13.2 Å². The third-order valence-corrected chi connectivity index (χ3v) is 4.75. The minimum absolute atomic E-state index is 0.0302. The summed E-state index contributed by atoms with van der Waals surface area (Å²) in [5.41, 5.74) is 8.62. The molecule has 2 aromatic carbocycles. The van der Waals surface area contributed by atoms with Gasteiger partial charge in [0.05, 0.1) is 18.7 Å². The van der Waals surface area contributed by atoms with Crippen LogP contribution in [0.15, 0.2) is 57.2 Å². The van der Waals surface area contributed by atoms with Gasteiger partial charge in [-0.25, -0.2) is 14.6 Å². The number of nitrogens with two attached hydrogens (primary N) is 1. The van der Waals surface area contributed by atoms with Gasteiger partial charge in [0.2, 0.25) is 5.76 Å². The standard InChI is InChI=1S/C21H20ClFN8O4/c1-25-28-19(27-24)18-14(7-13(22)8-15(18)23)12-5-3-11(4-6-12)10-26-21(33)30-29-20(32)16-9-17(34-2)31-35-16/h3-9H,1,10,24H2,2H3,(H,27,28)(H,29,32)(H2,26,30,33). The van der Waals surface area contributed by atoms with Gasteiger partial charge < -0.3 is 20.4 Å². The van der Waals surface area contributed by atoms with Crippen LogP contribution in [0.1, 0.15) is 21.7 Å². The number of hydrazine groups is 1. The van der Waals surface area contributed by atoms with Gasteiger partial charge in [-0.05, 0) is 34.0 Å². The molecule has 1 heterocycles. The van der Waals surface area contributed by atoms with E-state index < -0.39 is 17.8 Å². The molecule has 0 atom stereocenters. The Labute approximate surface area is 203 Å². The second kappa shape index (κ2) is 11.5. The number of halogens is 2. The maximum Gasteiger partial charge on any atom is 0.333 e. The highest BCUT2D eigenvalue weighted by Gasteiger charge is 2.18. The number of nitrogens with zero attached hydrogens (tertiary/aromatic N) is 3. The van der Waals surface area contributed by atoms with E-state index in [0.29, 0.717) is 11.1 Å². The predicted molar refractivity (Wildman–Crippen MR) is 126 cm³/mol. The summed E-state index contributed by atoms with van der Waals surface area (Å²) in [6.07, 6.45) is 0. The van der Waals surface area contributed by atoms with Gasteiger partial charge in [-0.15, -0.1) is 0 Å². The molecule has 14 heteroatoms. The lowest BCUT2D eigenvalue weighted by Gasteiger charge is -2.14. The number of nitrogens with one attached hydrogen (secondary N) is 4. The molecular weight excluding hydrogens is 483 g/mol. The van der Waals surface area contributed by atoms with E-state index in [1.54, 1.807) is 30.3 Å². The average Bonchev–Trinajstić information content (AvgIpc) is 3.34. The van der Waals surface area contributed by atoms with Crippen molar-refractivity contribution in [2.24, 2.45) is 16.0 Å². The summed E-state index contributed by atoms with van der Waals surface area (Å²) in [6, 6.07) is 10.1. The summed E-state index contributed by atoms with van der Waals surface area (Å²) >= 11 is 6.05. The van der Waals surface area contributed by atoms with Crippen LogP contribution in [0.3, 0.4) is 0 Å². The van der Waals surface area contributed by atoms with E-state index in [1.807, 2.05) is 0 Å². The molecule has 0 fully saturated rings. The number of carbonyl (C=O) groups is 2. The van der Waals surface area contributed by atoms with Gasteiger partial charge in [0, 0.05) is 18.3 Å². The SMILES string of the molecule is C=NN/C(=N/N)c1c(F)cc(Cl)cc1-c1ccc(CNC(=O)NNC(=O)c2cc(OC)no2)cc1. The first-order valence-electron chi connectivity index (χ1n) is 9.79. The number of urea groups is 1. The Morgan fingerprint density at radius 1 is 1.23 bits per heavy atom. The average molecular weight is 503 g/mol. The summed E-state index contributed by atoms with van der Waals surface area (Å²) in [4.78, 5) is 23.9. The molecule has 0 bridgehead atoms. The summed E-state index contributed by atoms with van der Waals surface area (Å²) in [6.45, 7) is 3.42. The number of hydrogen-bond donors (Lipinski definition) is 5. The summed E-state index contributed by atoms with van der Waals surface area (Å²) < 4.78 is 24.3. The maximum absolute atomic E-state index is 14.7. The number of aromatic nitrogens is 1. The Hall–Kier alpha value is -4.65. The van der Waals surface area contributed by atoms with E-state index in [-0.39, 0.29) is 34.6 Å². The zero-order valence-electron chi connectivity index (χ0n) is 18.3. The number of hydrazone groups is 2. The van der Waals surface area contributed by atoms with Gasteiger partial charge in [0.25, 0.3) is 5.88 Å². The van der Waals surface area contributed by atoms with Crippen LogP contribution in [0.5, 0.6) is 5.88 Å². The molecule has 6 N–H and O–H groups in total. The quantitative estimate of drug-likeness (QED) is 0.143. The highest BCUT2D eigenvalue weighted by Crippen LogP contribution is 2.30. The molecule has 1 aromatic heterocycles. The van der Waals surface area contributed by atoms with Crippen molar-refractivity contribution in [1.82, 2.24) is 26.8 Å². The Bertz CT molecular complexity index is 1260. The molecule has 0 spiro atoms. The van der Waals surface area contributed by atoms with Crippen LogP contribution < -0.4 is 32.2 Å². The lowest BCUT2D eigenvalue weighted by atomic mass is 9.97. The number of rotatable bonds is 7. The molecule has 0 radical (unpaired) electrons. The van der Waals surface area contributed by atoms with Crippen LogP contribution >= 0.6 is 11.6 Å². The number of ether oxygens (including phenoxy) is 1. The fourth-order valence-electron chi connectivity index (χ4n) is 2.93. The highest BCUT2D eigenvalue weighted by molar-refractivity contribution is 6.31. The van der Waals surface area contributed by atoms with Crippen LogP contribution in [0, 0.1) is 5.82 Å². The van der Waals surface area contributed by atoms with Gasteiger partial charge in [0.1, 0.15) is 5.82 Å². The summed E-state index contributed by atoms with van der Waals surface area (Å²) in [7, 11) is 1.37. The summed E-state index contributed by atoms with van der Waals surface area (Å²) in [5, 5.41) is 13.3. The number of benzene rings is 2. The second-order valence-corrected chi connectivity index (χ2v) is 7.19. The summed E-state index contributed by atoms with van der Waals surface area (Å²) in [5.74, 6) is 3.95. The molecule has 0 aliphatic heterocycles. The molecule has 0 saturated heterocycles. The van der Waals surface area contributed by atoms with E-state index in [0.717, 1.165) is 11.6 Å². The van der Waals surface area contributed by atoms with Crippen LogP contribution in [-0.2, 0) is 6.54 Å². The van der Waals surface area contributed by atoms with Crippen molar-refractivity contribution in [3.05, 3.63) is 70.2 Å². The normalized spacial score (nSPS) is 10.9. The van der Waals surface area contributed by atoms with Crippen molar-refractivity contribution in [1.29, 1.82) is 0 Å². The van der Waals surface area contributed by atoms with Gasteiger partial charge >= 0.3 is 11.9 Å². The first kappa shape index (κ1) is 25.0. The predicted octanol–water partition coefficient (Wildman–Crippen LogP) is 2.11. The maximum atomic E-state index is 14.7. The van der Waals surface area contributed by atoms with Gasteiger partial charge in [0.15, 0.2) is 5.84 Å². The lowest BCUT2D eigenvalue weighted by Crippen LogP contribution is -2.46. The third kappa shape index (κ3) is 6.23. The van der Waals surface area contributed by atoms with E-state index in [4.69, 9.17) is 26.7 Å². The van der Waals surface area contributed by atoms with Crippen molar-refractivity contribution in [3.8, 4) is 17.0 Å². The second-order valence-electron chi connectivity index (χ2n) is 6.75. The topological polar surface area (TPSA) is 168 Å². The van der Waals surface area contributed by atoms with Crippen LogP contribution in [0.25, 0.3) is 11.1 Å². The molecule has 0 unspecified atom stereocenters. The van der Waals surface area contributed by atoms with Crippen LogP contribution in [0.2, 0.25) is 5.02 Å². The molecule has 35 heavy (non-hydrogen) atoms. The number of methoxy groups -OCH3 is 1. The van der Waals surface area contributed by atoms with Gasteiger partial charge in [-0.2, -0.15) is 10.2 Å². The first-order chi connectivity index (χ1) is 16.9. The van der Waals surface area contributed by atoms with Crippen molar-refractivity contribution < 1.29 is 23.2 Å². The smallest absolute Gasteiger partial charge is 0.333 e. The van der Waals surface area contributed by atoms with Crippen LogP contribution in [0.4, 0.5) is 9.18 Å². The van der Waals surface area contributed by atoms with E-state index in [9.17, 15) is 14.0 Å². The zero-order valence-corrected chi connectivity index (χ0v) is 19.0. The minimum atomic E-state index is -0.716. The Morgan fingerprint density at radius 2 is 1.97 bits per heavy atom. The Morgan fingerprint density at radius 3 is 2.60 bits per heavy atom. The van der Waals surface area contributed by atoms with Crippen molar-refractivity contribution in [2.45, 2.75) is 6.54 Å². The molecule has 0 aliphatic rings. The van der Waals surface area contributed by atoms with Crippen molar-refractivity contribution in [2.75, 3.05) is 7.11 Å². The van der Waals surface area contributed by atoms with E-state index in [2.05, 4.69) is 43.7 Å². The number of carbonyl (C=O) groups excluding carboxylic acids is 2. The Kier molecular flexibility index (Phi) is 8.19. The molecular formula is C21H20ClFN8O4. The number of hydrogen-bond acceptors (Lipinski definition) is 8. The highest BCUT2D eigenvalue weighted by atomic mass is 35.5. The zero-order chi connectivity index (χ0) is 25.4. The monoisotopic (exact) mass is 502 g/mol. The van der Waals surface area contributed by atoms with Crippen LogP contribution in [-0.4, -0.2) is 36.8 Å². The molecule has 3 aromatic rings. The molecule has 182 valence electrons. The fraction of sp³-hybridized carbons (Fsp3) is 0.0952.